The molecule has 1 N–H and O–H groups in total. The fourth-order valence-corrected chi connectivity index (χ4v) is 3.56. The third kappa shape index (κ3) is 4.69. The van der Waals surface area contributed by atoms with E-state index in [1.54, 1.807) is 6.20 Å². The lowest BCUT2D eigenvalue weighted by Crippen LogP contribution is -2.48. The van der Waals surface area contributed by atoms with Crippen molar-refractivity contribution in [1.82, 2.24) is 19.8 Å². The lowest BCUT2D eigenvalue weighted by Gasteiger charge is -2.29. The van der Waals surface area contributed by atoms with Crippen molar-refractivity contribution in [1.29, 1.82) is 0 Å². The third-order valence-electron chi connectivity index (χ3n) is 4.85. The van der Waals surface area contributed by atoms with Gasteiger partial charge in [0.1, 0.15) is 0 Å². The van der Waals surface area contributed by atoms with Crippen molar-refractivity contribution in [2.75, 3.05) is 13.1 Å². The molecule has 1 aliphatic rings. The van der Waals surface area contributed by atoms with Gasteiger partial charge >= 0.3 is 0 Å². The maximum Gasteiger partial charge on any atom is 0.237 e. The molecule has 0 radical (unpaired) electrons. The average molecular weight is 340 g/mol. The van der Waals surface area contributed by atoms with Gasteiger partial charge < -0.3 is 9.88 Å². The fraction of sp³-hybridized carbons (Fsp3) is 0.500. The van der Waals surface area contributed by atoms with Crippen LogP contribution in [0.25, 0.3) is 0 Å². The Morgan fingerprint density at radius 3 is 2.44 bits per heavy atom. The van der Waals surface area contributed by atoms with Crippen molar-refractivity contribution in [2.24, 2.45) is 5.92 Å². The summed E-state index contributed by atoms with van der Waals surface area (Å²) < 4.78 is 2.04. The summed E-state index contributed by atoms with van der Waals surface area (Å²) >= 11 is 0. The van der Waals surface area contributed by atoms with E-state index in [-0.39, 0.29) is 11.9 Å². The summed E-state index contributed by atoms with van der Waals surface area (Å²) in [4.78, 5) is 19.0. The second-order valence-corrected chi connectivity index (χ2v) is 7.20. The number of nitrogens with one attached hydrogen (secondary N) is 1. The van der Waals surface area contributed by atoms with Crippen molar-refractivity contribution in [3.8, 4) is 0 Å². The largest absolute Gasteiger partial charge is 0.351 e. The topological polar surface area (TPSA) is 50.2 Å². The number of benzene rings is 1. The van der Waals surface area contributed by atoms with Gasteiger partial charge in [0.05, 0.1) is 12.4 Å². The van der Waals surface area contributed by atoms with Crippen LogP contribution < -0.4 is 5.32 Å². The van der Waals surface area contributed by atoms with Crippen LogP contribution >= 0.6 is 0 Å². The van der Waals surface area contributed by atoms with Crippen molar-refractivity contribution in [3.63, 3.8) is 0 Å². The number of hydrogen-bond donors (Lipinski definition) is 1. The number of carbonyl (C=O) groups excluding carboxylic acids is 1. The average Bonchev–Trinajstić information content (AvgIpc) is 3.28. The Balaban J connectivity index is 1.54. The van der Waals surface area contributed by atoms with Crippen LogP contribution in [0.2, 0.25) is 0 Å². The highest BCUT2D eigenvalue weighted by atomic mass is 16.2. The SMILES string of the molecule is CC(C)[C@H](C(=O)NCc1ccc(Cn2ccnc2)cc1)N1CCCC1. The lowest BCUT2D eigenvalue weighted by atomic mass is 10.0. The van der Waals surface area contributed by atoms with Gasteiger partial charge in [0.15, 0.2) is 0 Å². The number of amides is 1. The van der Waals surface area contributed by atoms with Crippen LogP contribution in [0.4, 0.5) is 0 Å². The van der Waals surface area contributed by atoms with Gasteiger partial charge in [0, 0.05) is 25.5 Å². The molecule has 1 aromatic heterocycles. The van der Waals surface area contributed by atoms with Gasteiger partial charge in [-0.2, -0.15) is 0 Å². The summed E-state index contributed by atoms with van der Waals surface area (Å²) in [6.45, 7) is 7.75. The number of likely N-dealkylation sites (tertiary alicyclic amines) is 1. The Kier molecular flexibility index (Phi) is 5.87. The molecule has 2 aromatic rings. The summed E-state index contributed by atoms with van der Waals surface area (Å²) in [5.41, 5.74) is 2.36. The Labute approximate surface area is 150 Å². The Morgan fingerprint density at radius 1 is 1.16 bits per heavy atom. The van der Waals surface area contributed by atoms with Gasteiger partial charge in [0.25, 0.3) is 0 Å². The van der Waals surface area contributed by atoms with E-state index in [2.05, 4.69) is 53.3 Å². The van der Waals surface area contributed by atoms with Crippen LogP contribution in [0.3, 0.4) is 0 Å². The zero-order chi connectivity index (χ0) is 17.6. The highest BCUT2D eigenvalue weighted by molar-refractivity contribution is 5.82. The smallest absolute Gasteiger partial charge is 0.237 e. The van der Waals surface area contributed by atoms with Gasteiger partial charge in [0.2, 0.25) is 5.91 Å². The zero-order valence-corrected chi connectivity index (χ0v) is 15.2. The second-order valence-electron chi connectivity index (χ2n) is 7.20. The maximum absolute atomic E-state index is 12.7. The van der Waals surface area contributed by atoms with Crippen molar-refractivity contribution in [3.05, 3.63) is 54.1 Å². The van der Waals surface area contributed by atoms with E-state index in [1.165, 1.54) is 18.4 Å². The Morgan fingerprint density at radius 2 is 1.84 bits per heavy atom. The second kappa shape index (κ2) is 8.30. The quantitative estimate of drug-likeness (QED) is 0.843. The normalized spacial score (nSPS) is 16.3. The van der Waals surface area contributed by atoms with Gasteiger partial charge in [-0.05, 0) is 43.0 Å². The molecule has 2 heterocycles. The predicted octanol–water partition coefficient (Wildman–Crippen LogP) is 2.67. The predicted molar refractivity (Wildman–Crippen MR) is 99.1 cm³/mol. The van der Waals surface area contributed by atoms with E-state index in [1.807, 2.05) is 17.1 Å². The molecule has 3 rings (SSSR count). The van der Waals surface area contributed by atoms with E-state index in [9.17, 15) is 4.79 Å². The summed E-state index contributed by atoms with van der Waals surface area (Å²) in [5.74, 6) is 0.482. The molecular weight excluding hydrogens is 312 g/mol. The van der Waals surface area contributed by atoms with Crippen LogP contribution in [0, 0.1) is 5.92 Å². The van der Waals surface area contributed by atoms with Crippen LogP contribution in [0.15, 0.2) is 43.0 Å². The maximum atomic E-state index is 12.7. The van der Waals surface area contributed by atoms with Crippen molar-refractivity contribution >= 4 is 5.91 Å². The van der Waals surface area contributed by atoms with E-state index in [4.69, 9.17) is 0 Å². The third-order valence-corrected chi connectivity index (χ3v) is 4.85. The van der Waals surface area contributed by atoms with E-state index in [0.29, 0.717) is 12.5 Å². The molecule has 0 aliphatic carbocycles. The minimum absolute atomic E-state index is 0.0111. The first-order valence-electron chi connectivity index (χ1n) is 9.19. The fourth-order valence-electron chi connectivity index (χ4n) is 3.56. The number of carbonyl (C=O) groups is 1. The van der Waals surface area contributed by atoms with Crippen LogP contribution in [0.5, 0.6) is 0 Å². The van der Waals surface area contributed by atoms with Crippen molar-refractivity contribution in [2.45, 2.75) is 45.8 Å². The molecule has 0 unspecified atom stereocenters. The summed E-state index contributed by atoms with van der Waals surface area (Å²) in [7, 11) is 0. The van der Waals surface area contributed by atoms with Crippen LogP contribution in [-0.2, 0) is 17.9 Å². The molecule has 134 valence electrons. The molecule has 0 bridgehead atoms. The number of nitrogens with zero attached hydrogens (tertiary/aromatic N) is 3. The van der Waals surface area contributed by atoms with Crippen LogP contribution in [-0.4, -0.2) is 39.5 Å². The van der Waals surface area contributed by atoms with E-state index < -0.39 is 0 Å². The molecule has 1 saturated heterocycles. The summed E-state index contributed by atoms with van der Waals surface area (Å²) in [6.07, 6.45) is 7.97. The molecule has 1 aliphatic heterocycles. The molecule has 25 heavy (non-hydrogen) atoms. The van der Waals surface area contributed by atoms with E-state index in [0.717, 1.165) is 25.2 Å². The minimum Gasteiger partial charge on any atom is -0.351 e. The molecule has 5 nitrogen and oxygen atoms in total. The van der Waals surface area contributed by atoms with Gasteiger partial charge in [-0.25, -0.2) is 4.98 Å². The summed E-state index contributed by atoms with van der Waals surface area (Å²) in [6, 6.07) is 8.39. The van der Waals surface area contributed by atoms with Gasteiger partial charge in [-0.1, -0.05) is 38.1 Å². The van der Waals surface area contributed by atoms with Gasteiger partial charge in [-0.15, -0.1) is 0 Å². The standard InChI is InChI=1S/C20H28N4O/c1-16(2)19(24-10-3-4-11-24)20(25)22-13-17-5-7-18(8-6-17)14-23-12-9-21-15-23/h5-9,12,15-16,19H,3-4,10-11,13-14H2,1-2H3,(H,22,25)/t19-/m1/s1. The zero-order valence-electron chi connectivity index (χ0n) is 15.2. The molecule has 1 fully saturated rings. The Bertz CT molecular complexity index is 658. The highest BCUT2D eigenvalue weighted by Gasteiger charge is 2.30. The first-order chi connectivity index (χ1) is 12.1. The monoisotopic (exact) mass is 340 g/mol. The summed E-state index contributed by atoms with van der Waals surface area (Å²) in [5, 5.41) is 3.13. The molecule has 0 spiro atoms. The highest BCUT2D eigenvalue weighted by Crippen LogP contribution is 2.18. The Hall–Kier alpha value is -2.14. The lowest BCUT2D eigenvalue weighted by molar-refractivity contribution is -0.127. The first-order valence-corrected chi connectivity index (χ1v) is 9.19. The number of hydrogen-bond acceptors (Lipinski definition) is 3. The molecular formula is C20H28N4O. The van der Waals surface area contributed by atoms with Crippen molar-refractivity contribution < 1.29 is 4.79 Å². The van der Waals surface area contributed by atoms with E-state index >= 15 is 0 Å². The number of imidazole rings is 1. The van der Waals surface area contributed by atoms with Gasteiger partial charge in [-0.3, -0.25) is 9.69 Å². The molecule has 0 saturated carbocycles. The number of aromatic nitrogens is 2. The molecule has 5 heteroatoms. The minimum atomic E-state index is -0.0111. The first kappa shape index (κ1) is 17.7. The number of rotatable bonds is 7. The molecule has 1 amide bonds. The van der Waals surface area contributed by atoms with Crippen LogP contribution in [0.1, 0.15) is 37.8 Å². The molecule has 1 atom stereocenters. The molecule has 1 aromatic carbocycles.